The number of hydrogen-bond acceptors (Lipinski definition) is 4. The van der Waals surface area contributed by atoms with Crippen LogP contribution in [0.2, 0.25) is 0 Å². The normalized spacial score (nSPS) is 20.4. The molecule has 0 spiro atoms. The van der Waals surface area contributed by atoms with E-state index in [4.69, 9.17) is 4.74 Å². The van der Waals surface area contributed by atoms with Crippen LogP contribution in [0.25, 0.3) is 0 Å². The zero-order valence-electron chi connectivity index (χ0n) is 10.0. The molecule has 5 nitrogen and oxygen atoms in total. The molecule has 1 atom stereocenters. The highest BCUT2D eigenvalue weighted by molar-refractivity contribution is 7.89. The van der Waals surface area contributed by atoms with E-state index in [0.29, 0.717) is 25.8 Å². The second kappa shape index (κ2) is 5.91. The Labute approximate surface area is 110 Å². The van der Waals surface area contributed by atoms with E-state index in [-0.39, 0.29) is 12.6 Å². The molecule has 1 aromatic rings. The number of benzene rings is 1. The van der Waals surface area contributed by atoms with Gasteiger partial charge in [0.05, 0.1) is 18.1 Å². The maximum atomic E-state index is 13.0. The molecule has 0 saturated carbocycles. The fraction of sp³-hybridized carbons (Fsp3) is 0.455. The maximum Gasteiger partial charge on any atom is 0.240 e. The van der Waals surface area contributed by atoms with Crippen LogP contribution in [0.4, 0.5) is 8.78 Å². The third-order valence-corrected chi connectivity index (χ3v) is 4.07. The zero-order chi connectivity index (χ0) is 13.9. The Morgan fingerprint density at radius 3 is 2.58 bits per heavy atom. The highest BCUT2D eigenvalue weighted by atomic mass is 32.2. The number of halogens is 2. The predicted octanol–water partition coefficient (Wildman–Crippen LogP) is 0.231. The minimum atomic E-state index is -3.93. The van der Waals surface area contributed by atoms with E-state index in [1.165, 1.54) is 0 Å². The van der Waals surface area contributed by atoms with E-state index in [1.807, 2.05) is 0 Å². The van der Waals surface area contributed by atoms with Crippen molar-refractivity contribution < 1.29 is 21.9 Å². The third-order valence-electron chi connectivity index (χ3n) is 2.66. The highest BCUT2D eigenvalue weighted by Crippen LogP contribution is 2.13. The Kier molecular flexibility index (Phi) is 4.46. The molecule has 1 aliphatic heterocycles. The van der Waals surface area contributed by atoms with Crippen molar-refractivity contribution in [2.24, 2.45) is 0 Å². The lowest BCUT2D eigenvalue weighted by Gasteiger charge is -2.23. The van der Waals surface area contributed by atoms with E-state index in [0.717, 1.165) is 12.1 Å². The van der Waals surface area contributed by atoms with Crippen molar-refractivity contribution in [1.29, 1.82) is 0 Å². The van der Waals surface area contributed by atoms with Crippen molar-refractivity contribution in [2.45, 2.75) is 10.9 Å². The van der Waals surface area contributed by atoms with E-state index in [2.05, 4.69) is 10.0 Å². The van der Waals surface area contributed by atoms with Crippen molar-refractivity contribution >= 4 is 10.0 Å². The lowest BCUT2D eigenvalue weighted by molar-refractivity contribution is 0.0784. The summed E-state index contributed by atoms with van der Waals surface area (Å²) in [5, 5.41) is 3.07. The second-order valence-electron chi connectivity index (χ2n) is 4.18. The topological polar surface area (TPSA) is 67.4 Å². The Morgan fingerprint density at radius 1 is 1.32 bits per heavy atom. The maximum absolute atomic E-state index is 13.0. The van der Waals surface area contributed by atoms with E-state index < -0.39 is 26.6 Å². The first kappa shape index (κ1) is 14.3. The van der Waals surface area contributed by atoms with Crippen LogP contribution in [0.1, 0.15) is 0 Å². The van der Waals surface area contributed by atoms with Gasteiger partial charge in [0, 0.05) is 25.2 Å². The molecule has 1 heterocycles. The summed E-state index contributed by atoms with van der Waals surface area (Å²) in [6.07, 6.45) is 0. The van der Waals surface area contributed by atoms with Crippen molar-refractivity contribution in [3.8, 4) is 0 Å². The van der Waals surface area contributed by atoms with Gasteiger partial charge in [-0.1, -0.05) is 0 Å². The van der Waals surface area contributed by atoms with E-state index in [1.54, 1.807) is 0 Å². The van der Waals surface area contributed by atoms with Gasteiger partial charge in [-0.15, -0.1) is 0 Å². The van der Waals surface area contributed by atoms with Gasteiger partial charge in [0.15, 0.2) is 0 Å². The number of ether oxygens (including phenoxy) is 1. The summed E-state index contributed by atoms with van der Waals surface area (Å²) in [5.41, 5.74) is 0. The number of hydrogen-bond donors (Lipinski definition) is 2. The molecule has 0 amide bonds. The molecule has 2 N–H and O–H groups in total. The fourth-order valence-corrected chi connectivity index (χ4v) is 2.85. The molecule has 2 rings (SSSR count). The summed E-state index contributed by atoms with van der Waals surface area (Å²) in [6, 6.07) is 2.02. The molecule has 1 aromatic carbocycles. The first-order valence-corrected chi connectivity index (χ1v) is 7.22. The molecule has 0 aliphatic carbocycles. The van der Waals surface area contributed by atoms with Gasteiger partial charge < -0.3 is 10.1 Å². The molecule has 1 aliphatic rings. The molecular weight excluding hydrogens is 278 g/mol. The molecule has 0 radical (unpaired) electrons. The van der Waals surface area contributed by atoms with Gasteiger partial charge in [-0.05, 0) is 12.1 Å². The van der Waals surface area contributed by atoms with Crippen molar-refractivity contribution in [2.75, 3.05) is 26.3 Å². The molecule has 1 fully saturated rings. The number of morpholine rings is 1. The standard InChI is InChI=1S/C11H14F2N2O3S/c12-8-3-9(13)5-11(4-8)19(16,17)15-6-10-7-18-2-1-14-10/h3-5,10,14-15H,1-2,6-7H2. The summed E-state index contributed by atoms with van der Waals surface area (Å²) in [4.78, 5) is -0.429. The van der Waals surface area contributed by atoms with Gasteiger partial charge in [-0.3, -0.25) is 0 Å². The molecule has 19 heavy (non-hydrogen) atoms. The Bertz CT molecular complexity index is 525. The predicted molar refractivity (Wildman–Crippen MR) is 64.2 cm³/mol. The molecule has 0 bridgehead atoms. The average Bonchev–Trinajstić information content (AvgIpc) is 2.37. The van der Waals surface area contributed by atoms with Gasteiger partial charge in [0.1, 0.15) is 11.6 Å². The highest BCUT2D eigenvalue weighted by Gasteiger charge is 2.20. The molecule has 106 valence electrons. The minimum Gasteiger partial charge on any atom is -0.378 e. The van der Waals surface area contributed by atoms with Crippen LogP contribution in [-0.2, 0) is 14.8 Å². The molecule has 0 aromatic heterocycles. The van der Waals surface area contributed by atoms with E-state index in [9.17, 15) is 17.2 Å². The Hall–Kier alpha value is -1.09. The lowest BCUT2D eigenvalue weighted by Crippen LogP contribution is -2.48. The molecule has 1 saturated heterocycles. The van der Waals surface area contributed by atoms with Crippen LogP contribution in [-0.4, -0.2) is 40.8 Å². The van der Waals surface area contributed by atoms with Gasteiger partial charge in [0.2, 0.25) is 10.0 Å². The number of rotatable bonds is 4. The van der Waals surface area contributed by atoms with Crippen LogP contribution in [0.15, 0.2) is 23.1 Å². The van der Waals surface area contributed by atoms with Gasteiger partial charge in [0.25, 0.3) is 0 Å². The zero-order valence-corrected chi connectivity index (χ0v) is 10.8. The quantitative estimate of drug-likeness (QED) is 0.834. The summed E-state index contributed by atoms with van der Waals surface area (Å²) in [7, 11) is -3.93. The SMILES string of the molecule is O=S(=O)(NCC1COCCN1)c1cc(F)cc(F)c1. The van der Waals surface area contributed by atoms with Gasteiger partial charge >= 0.3 is 0 Å². The summed E-state index contributed by atoms with van der Waals surface area (Å²) < 4.78 is 57.2. The summed E-state index contributed by atoms with van der Waals surface area (Å²) in [6.45, 7) is 1.71. The molecule has 8 heteroatoms. The monoisotopic (exact) mass is 292 g/mol. The minimum absolute atomic E-state index is 0.0977. The average molecular weight is 292 g/mol. The first-order chi connectivity index (χ1) is 8.97. The van der Waals surface area contributed by atoms with Crippen LogP contribution < -0.4 is 10.0 Å². The first-order valence-electron chi connectivity index (χ1n) is 5.74. The van der Waals surface area contributed by atoms with Crippen molar-refractivity contribution in [1.82, 2.24) is 10.0 Å². The molecule has 1 unspecified atom stereocenters. The van der Waals surface area contributed by atoms with Crippen LogP contribution in [0.3, 0.4) is 0 Å². The smallest absolute Gasteiger partial charge is 0.240 e. The Morgan fingerprint density at radius 2 is 2.00 bits per heavy atom. The molecular formula is C11H14F2N2O3S. The fourth-order valence-electron chi connectivity index (χ4n) is 1.73. The van der Waals surface area contributed by atoms with Crippen LogP contribution >= 0.6 is 0 Å². The summed E-state index contributed by atoms with van der Waals surface area (Å²) in [5.74, 6) is -1.86. The van der Waals surface area contributed by atoms with Crippen LogP contribution in [0, 0.1) is 11.6 Å². The number of nitrogens with one attached hydrogen (secondary N) is 2. The summed E-state index contributed by atoms with van der Waals surface area (Å²) >= 11 is 0. The van der Waals surface area contributed by atoms with Crippen molar-refractivity contribution in [3.05, 3.63) is 29.8 Å². The van der Waals surface area contributed by atoms with Crippen LogP contribution in [0.5, 0.6) is 0 Å². The lowest BCUT2D eigenvalue weighted by atomic mass is 10.3. The third kappa shape index (κ3) is 3.93. The largest absolute Gasteiger partial charge is 0.378 e. The van der Waals surface area contributed by atoms with Crippen molar-refractivity contribution in [3.63, 3.8) is 0 Å². The number of sulfonamides is 1. The van der Waals surface area contributed by atoms with Gasteiger partial charge in [-0.25, -0.2) is 21.9 Å². The second-order valence-corrected chi connectivity index (χ2v) is 5.95. The van der Waals surface area contributed by atoms with E-state index >= 15 is 0 Å². The Balaban J connectivity index is 2.04. The van der Waals surface area contributed by atoms with Gasteiger partial charge in [-0.2, -0.15) is 0 Å².